The van der Waals surface area contributed by atoms with Crippen molar-refractivity contribution in [2.75, 3.05) is 26.9 Å². The molecule has 3 rings (SSSR count). The lowest BCUT2D eigenvalue weighted by Crippen LogP contribution is -2.36. The molecule has 25 heavy (non-hydrogen) atoms. The molecule has 0 saturated carbocycles. The molecule has 1 fully saturated rings. The smallest absolute Gasteiger partial charge is 0.156 e. The van der Waals surface area contributed by atoms with Gasteiger partial charge in [0, 0.05) is 32.3 Å². The van der Waals surface area contributed by atoms with Crippen molar-refractivity contribution in [3.63, 3.8) is 0 Å². The van der Waals surface area contributed by atoms with Gasteiger partial charge in [-0.15, -0.1) is 0 Å². The predicted octanol–water partition coefficient (Wildman–Crippen LogP) is 2.30. The number of carbonyl (C=O) groups excluding carboxylic acids is 1. The number of Topliss-reactive ketones (excluding diaryl/α,β-unsaturated/α-hetero) is 1. The summed E-state index contributed by atoms with van der Waals surface area (Å²) in [6.07, 6.45) is 0.921. The monoisotopic (exact) mass is 361 g/mol. The van der Waals surface area contributed by atoms with Crippen LogP contribution in [-0.4, -0.2) is 55.5 Å². The molecule has 6 nitrogen and oxygen atoms in total. The molecular weight excluding hydrogens is 342 g/mol. The number of nitrogens with zero attached hydrogens (tertiary/aromatic N) is 3. The number of nitriles is 1. The van der Waals surface area contributed by atoms with Gasteiger partial charge < -0.3 is 9.47 Å². The average Bonchev–Trinajstić information content (AvgIpc) is 3.10. The van der Waals surface area contributed by atoms with Gasteiger partial charge in [-0.05, 0) is 25.0 Å². The number of benzene rings is 1. The molecule has 1 saturated heterocycles. The number of rotatable bonds is 6. The van der Waals surface area contributed by atoms with E-state index in [1.54, 1.807) is 13.2 Å². The highest BCUT2D eigenvalue weighted by atomic mass is 35.5. The number of methoxy groups -OCH3 is 1. The van der Waals surface area contributed by atoms with Crippen LogP contribution in [0.15, 0.2) is 17.2 Å². The molecule has 1 aromatic carbocycles. The molecule has 2 heterocycles. The Morgan fingerprint density at radius 3 is 2.96 bits per heavy atom. The summed E-state index contributed by atoms with van der Waals surface area (Å²) in [6, 6.07) is 5.57. The maximum Gasteiger partial charge on any atom is 0.156 e. The molecule has 1 aromatic rings. The van der Waals surface area contributed by atoms with Gasteiger partial charge in [-0.3, -0.25) is 9.80 Å². The van der Waals surface area contributed by atoms with Gasteiger partial charge in [0.25, 0.3) is 0 Å². The highest BCUT2D eigenvalue weighted by Crippen LogP contribution is 2.33. The van der Waals surface area contributed by atoms with E-state index in [1.165, 1.54) is 0 Å². The van der Waals surface area contributed by atoms with Gasteiger partial charge in [-0.2, -0.15) is 10.4 Å². The summed E-state index contributed by atoms with van der Waals surface area (Å²) in [6.45, 7) is 3.33. The second kappa shape index (κ2) is 7.52. The normalized spacial score (nSPS) is 22.1. The number of fused-ring (bicyclic) bond motifs is 1. The molecule has 0 N–H and O–H groups in total. The van der Waals surface area contributed by atoms with Crippen LogP contribution in [0.1, 0.15) is 29.5 Å². The SMILES string of the molecule is COCCCO[C@@H]1C(c2ccc(C#N)c(Cl)c2C)=NN2CC(=O)C[C@@H]12. The molecule has 2 aliphatic rings. The minimum Gasteiger partial charge on any atom is -0.385 e. The van der Waals surface area contributed by atoms with Crippen LogP contribution >= 0.6 is 11.6 Å². The van der Waals surface area contributed by atoms with E-state index in [-0.39, 0.29) is 17.9 Å². The van der Waals surface area contributed by atoms with Gasteiger partial charge in [-0.25, -0.2) is 0 Å². The van der Waals surface area contributed by atoms with E-state index in [9.17, 15) is 4.79 Å². The largest absolute Gasteiger partial charge is 0.385 e. The Labute approximate surface area is 152 Å². The first-order valence-corrected chi connectivity index (χ1v) is 8.61. The van der Waals surface area contributed by atoms with E-state index in [4.69, 9.17) is 26.3 Å². The van der Waals surface area contributed by atoms with Crippen molar-refractivity contribution < 1.29 is 14.3 Å². The molecule has 7 heteroatoms. The highest BCUT2D eigenvalue weighted by molar-refractivity contribution is 6.33. The number of ether oxygens (including phenoxy) is 2. The second-order valence-corrected chi connectivity index (χ2v) is 6.62. The van der Waals surface area contributed by atoms with Crippen molar-refractivity contribution >= 4 is 23.1 Å². The van der Waals surface area contributed by atoms with Gasteiger partial charge in [0.1, 0.15) is 12.2 Å². The molecule has 0 aliphatic carbocycles. The van der Waals surface area contributed by atoms with Crippen LogP contribution in [0.5, 0.6) is 0 Å². The van der Waals surface area contributed by atoms with E-state index in [0.717, 1.165) is 23.3 Å². The average molecular weight is 362 g/mol. The number of hydrogen-bond acceptors (Lipinski definition) is 6. The van der Waals surface area contributed by atoms with Crippen LogP contribution in [0.25, 0.3) is 0 Å². The molecule has 0 amide bonds. The zero-order valence-corrected chi connectivity index (χ0v) is 15.0. The summed E-state index contributed by atoms with van der Waals surface area (Å²) >= 11 is 6.31. The van der Waals surface area contributed by atoms with Crippen LogP contribution in [0, 0.1) is 18.3 Å². The number of carbonyl (C=O) groups is 1. The van der Waals surface area contributed by atoms with Crippen LogP contribution in [0.2, 0.25) is 5.02 Å². The van der Waals surface area contributed by atoms with Crippen LogP contribution in [-0.2, 0) is 14.3 Å². The molecule has 0 unspecified atom stereocenters. The summed E-state index contributed by atoms with van der Waals surface area (Å²) in [5.74, 6) is 0.174. The number of hydrazone groups is 1. The molecule has 2 aliphatic heterocycles. The van der Waals surface area contributed by atoms with Gasteiger partial charge in [-0.1, -0.05) is 17.7 Å². The third kappa shape index (κ3) is 3.40. The van der Waals surface area contributed by atoms with E-state index >= 15 is 0 Å². The van der Waals surface area contributed by atoms with E-state index < -0.39 is 0 Å². The summed E-state index contributed by atoms with van der Waals surface area (Å²) in [5, 5.41) is 16.0. The zero-order valence-electron chi connectivity index (χ0n) is 14.3. The Morgan fingerprint density at radius 1 is 1.44 bits per heavy atom. The first-order chi connectivity index (χ1) is 12.1. The summed E-state index contributed by atoms with van der Waals surface area (Å²) in [4.78, 5) is 11.8. The first-order valence-electron chi connectivity index (χ1n) is 8.23. The van der Waals surface area contributed by atoms with Gasteiger partial charge in [0.05, 0.1) is 28.9 Å². The number of hydrogen-bond donors (Lipinski definition) is 0. The van der Waals surface area contributed by atoms with Crippen molar-refractivity contribution in [2.45, 2.75) is 31.9 Å². The Hall–Kier alpha value is -1.94. The van der Waals surface area contributed by atoms with Crippen LogP contribution in [0.4, 0.5) is 0 Å². The Kier molecular flexibility index (Phi) is 5.38. The molecule has 0 bridgehead atoms. The van der Waals surface area contributed by atoms with Crippen molar-refractivity contribution in [2.24, 2.45) is 5.10 Å². The lowest BCUT2D eigenvalue weighted by atomic mass is 9.95. The van der Waals surface area contributed by atoms with Crippen molar-refractivity contribution in [3.05, 3.63) is 33.8 Å². The quantitative estimate of drug-likeness (QED) is 0.727. The van der Waals surface area contributed by atoms with Gasteiger partial charge in [0.2, 0.25) is 0 Å². The molecule has 2 atom stereocenters. The summed E-state index contributed by atoms with van der Waals surface area (Å²) in [7, 11) is 1.65. The summed E-state index contributed by atoms with van der Waals surface area (Å²) in [5.41, 5.74) is 2.88. The maximum atomic E-state index is 11.8. The molecule has 0 aromatic heterocycles. The number of halogens is 1. The molecule has 0 radical (unpaired) electrons. The third-order valence-corrected chi connectivity index (χ3v) is 5.07. The lowest BCUT2D eigenvalue weighted by molar-refractivity contribution is -0.117. The minimum absolute atomic E-state index is 0.0705. The highest BCUT2D eigenvalue weighted by Gasteiger charge is 2.44. The van der Waals surface area contributed by atoms with Gasteiger partial charge in [0.15, 0.2) is 5.78 Å². The van der Waals surface area contributed by atoms with Crippen molar-refractivity contribution in [1.82, 2.24) is 5.01 Å². The fourth-order valence-corrected chi connectivity index (χ4v) is 3.52. The first kappa shape index (κ1) is 17.9. The lowest BCUT2D eigenvalue weighted by Gasteiger charge is -2.21. The van der Waals surface area contributed by atoms with Crippen LogP contribution < -0.4 is 0 Å². The topological polar surface area (TPSA) is 74.9 Å². The Balaban J connectivity index is 1.90. The minimum atomic E-state index is -0.286. The standard InChI is InChI=1S/C18H20ClN3O3/c1-11-14(5-4-12(9-20)16(11)19)17-18(25-7-3-6-24-2)15-8-13(23)10-22(15)21-17/h4-5,15,18H,3,6-8,10H2,1-2H3/t15-,18-/m0/s1. The van der Waals surface area contributed by atoms with Gasteiger partial charge >= 0.3 is 0 Å². The fourth-order valence-electron chi connectivity index (χ4n) is 3.31. The Bertz CT molecular complexity index is 757. The van der Waals surface area contributed by atoms with E-state index in [0.29, 0.717) is 36.8 Å². The van der Waals surface area contributed by atoms with Crippen LogP contribution in [0.3, 0.4) is 0 Å². The molecule has 0 spiro atoms. The van der Waals surface area contributed by atoms with E-state index in [2.05, 4.69) is 11.2 Å². The third-order valence-electron chi connectivity index (χ3n) is 4.59. The predicted molar refractivity (Wildman–Crippen MR) is 93.8 cm³/mol. The Morgan fingerprint density at radius 2 is 2.24 bits per heavy atom. The zero-order chi connectivity index (χ0) is 18.0. The fraction of sp³-hybridized carbons (Fsp3) is 0.500. The second-order valence-electron chi connectivity index (χ2n) is 6.24. The summed E-state index contributed by atoms with van der Waals surface area (Å²) < 4.78 is 11.1. The van der Waals surface area contributed by atoms with Crippen molar-refractivity contribution in [3.8, 4) is 6.07 Å². The number of ketones is 1. The van der Waals surface area contributed by atoms with Crippen molar-refractivity contribution in [1.29, 1.82) is 5.26 Å². The van der Waals surface area contributed by atoms with E-state index in [1.807, 2.05) is 18.0 Å². The molecular formula is C18H20ClN3O3. The maximum absolute atomic E-state index is 11.8. The molecule has 132 valence electrons.